The van der Waals surface area contributed by atoms with Crippen LogP contribution >= 0.6 is 0 Å². The molecule has 2 heterocycles. The van der Waals surface area contributed by atoms with E-state index in [0.717, 1.165) is 35.5 Å². The van der Waals surface area contributed by atoms with E-state index in [2.05, 4.69) is 100 Å². The summed E-state index contributed by atoms with van der Waals surface area (Å²) >= 11 is 0. The Balaban J connectivity index is 0.000000308. The first-order chi connectivity index (χ1) is 22.2. The minimum Gasteiger partial charge on any atom is -0.541 e. The number of phenolic OH excluding ortho intramolecular Hbond substituents is 2. The van der Waals surface area contributed by atoms with Crippen LogP contribution in [0.15, 0.2) is 45.4 Å². The van der Waals surface area contributed by atoms with Crippen molar-refractivity contribution in [3.63, 3.8) is 0 Å². The zero-order chi connectivity index (χ0) is 35.9. The zero-order valence-electron chi connectivity index (χ0n) is 30.5. The van der Waals surface area contributed by atoms with Crippen LogP contribution in [0.3, 0.4) is 0 Å². The fourth-order valence-electron chi connectivity index (χ4n) is 3.59. The molecule has 0 saturated carbocycles. The molecule has 0 radical (unpaired) electrons. The van der Waals surface area contributed by atoms with Gasteiger partial charge < -0.3 is 28.1 Å². The molecular weight excluding hydrogens is 641 g/mol. The summed E-state index contributed by atoms with van der Waals surface area (Å²) < 4.78 is 23.6. The Kier molecular flexibility index (Phi) is 12.3. The molecule has 0 aliphatic carbocycles. The molecule has 0 atom stereocenters. The van der Waals surface area contributed by atoms with E-state index in [1.54, 1.807) is 18.2 Å². The first-order valence-electron chi connectivity index (χ1n) is 16.3. The maximum Gasteiger partial charge on any atom is 0.250 e. The Morgan fingerprint density at radius 3 is 1.48 bits per heavy atom. The number of phenols is 2. The Bertz CT molecular complexity index is 1710. The molecule has 48 heavy (non-hydrogen) atoms. The van der Waals surface area contributed by atoms with Crippen LogP contribution in [0, 0.1) is 0 Å². The molecular formula is C36H52N4O6Si2. The number of hydrogen-bond donors (Lipinski definition) is 2. The van der Waals surface area contributed by atoms with Crippen molar-refractivity contribution in [2.75, 3.05) is 0 Å². The maximum absolute atomic E-state index is 9.30. The molecule has 0 bridgehead atoms. The quantitative estimate of drug-likeness (QED) is 0.122. The van der Waals surface area contributed by atoms with Crippen LogP contribution < -0.4 is 8.85 Å². The average molecular weight is 693 g/mol. The van der Waals surface area contributed by atoms with Crippen LogP contribution in [-0.2, 0) is 12.8 Å². The van der Waals surface area contributed by atoms with Gasteiger partial charge in [0.2, 0.25) is 0 Å². The summed E-state index contributed by atoms with van der Waals surface area (Å²) in [6.07, 6.45) is 8.65. The van der Waals surface area contributed by atoms with E-state index in [4.69, 9.17) is 23.0 Å². The third-order valence-electron chi connectivity index (χ3n) is 8.75. The van der Waals surface area contributed by atoms with Crippen molar-refractivity contribution in [3.8, 4) is 23.0 Å². The van der Waals surface area contributed by atoms with Gasteiger partial charge in [0.05, 0.1) is 0 Å². The zero-order valence-corrected chi connectivity index (χ0v) is 32.5. The molecule has 4 aromatic rings. The largest absolute Gasteiger partial charge is 0.541 e. The van der Waals surface area contributed by atoms with Crippen molar-refractivity contribution >= 4 is 40.9 Å². The van der Waals surface area contributed by atoms with Crippen molar-refractivity contribution in [2.45, 2.75) is 104 Å². The summed E-state index contributed by atoms with van der Waals surface area (Å²) in [6, 6.07) is 10.7. The van der Waals surface area contributed by atoms with Gasteiger partial charge in [0.25, 0.3) is 28.4 Å². The Hall–Kier alpha value is -4.17. The molecule has 0 spiro atoms. The standard InChI is InChI=1S/C24H40N2O3Si2.C12H12N2O3/c1-12-21-25-22(27-26-21)16-14-18-13-15-19(28-30(8,9)23(2,3)4)20(17-18)29-31(10,11)24(5,6)7;1-2-11-13-12(17-14-11)6-4-8-3-5-9(15)10(16)7-8/h13-17H,12H2,1-11H3;3-7,15-16H,2H2,1H3. The third kappa shape index (κ3) is 10.4. The molecule has 10 nitrogen and oxygen atoms in total. The van der Waals surface area contributed by atoms with Crippen molar-refractivity contribution in [1.29, 1.82) is 0 Å². The molecule has 2 N–H and O–H groups in total. The molecule has 0 fully saturated rings. The highest BCUT2D eigenvalue weighted by molar-refractivity contribution is 6.75. The van der Waals surface area contributed by atoms with Crippen LogP contribution in [0.1, 0.15) is 89.9 Å². The van der Waals surface area contributed by atoms with E-state index in [-0.39, 0.29) is 21.6 Å². The van der Waals surface area contributed by atoms with Gasteiger partial charge >= 0.3 is 0 Å². The molecule has 2 aromatic carbocycles. The number of nitrogens with zero attached hydrogens (tertiary/aromatic N) is 4. The molecule has 4 rings (SSSR count). The van der Waals surface area contributed by atoms with Gasteiger partial charge in [-0.25, -0.2) is 0 Å². The average Bonchev–Trinajstić information content (AvgIpc) is 3.66. The summed E-state index contributed by atoms with van der Waals surface area (Å²) in [5, 5.41) is 26.3. The summed E-state index contributed by atoms with van der Waals surface area (Å²) in [5.41, 5.74) is 1.74. The van der Waals surface area contributed by atoms with Crippen LogP contribution in [0.5, 0.6) is 23.0 Å². The van der Waals surface area contributed by atoms with Crippen LogP contribution in [0.25, 0.3) is 24.3 Å². The molecule has 260 valence electrons. The van der Waals surface area contributed by atoms with E-state index in [9.17, 15) is 5.11 Å². The van der Waals surface area contributed by atoms with Crippen molar-refractivity contribution < 1.29 is 28.1 Å². The minimum atomic E-state index is -2.04. The molecule has 0 aliphatic heterocycles. The molecule has 0 unspecified atom stereocenters. The van der Waals surface area contributed by atoms with Crippen molar-refractivity contribution in [2.24, 2.45) is 0 Å². The summed E-state index contributed by atoms with van der Waals surface area (Å²) in [5.74, 6) is 3.62. The summed E-state index contributed by atoms with van der Waals surface area (Å²) in [6.45, 7) is 26.5. The van der Waals surface area contributed by atoms with Crippen molar-refractivity contribution in [3.05, 3.63) is 71.0 Å². The number of benzene rings is 2. The Labute approximate surface area is 287 Å². The van der Waals surface area contributed by atoms with Gasteiger partial charge in [0.1, 0.15) is 11.5 Å². The fourth-order valence-corrected chi connectivity index (χ4v) is 5.63. The second kappa shape index (κ2) is 15.4. The maximum atomic E-state index is 9.30. The lowest BCUT2D eigenvalue weighted by atomic mass is 10.2. The third-order valence-corrected chi connectivity index (χ3v) is 17.4. The minimum absolute atomic E-state index is 0.0907. The second-order valence-electron chi connectivity index (χ2n) is 14.7. The van der Waals surface area contributed by atoms with E-state index >= 15 is 0 Å². The molecule has 0 saturated heterocycles. The monoisotopic (exact) mass is 692 g/mol. The Morgan fingerprint density at radius 2 is 1.06 bits per heavy atom. The smallest absolute Gasteiger partial charge is 0.250 e. The van der Waals surface area contributed by atoms with Gasteiger partial charge in [-0.3, -0.25) is 0 Å². The lowest BCUT2D eigenvalue weighted by Crippen LogP contribution is -2.45. The van der Waals surface area contributed by atoms with Gasteiger partial charge in [-0.1, -0.05) is 77.8 Å². The summed E-state index contributed by atoms with van der Waals surface area (Å²) in [7, 11) is -4.04. The van der Waals surface area contributed by atoms with Gasteiger partial charge in [0, 0.05) is 25.0 Å². The number of aromatic nitrogens is 4. The normalized spacial score (nSPS) is 12.8. The van der Waals surface area contributed by atoms with E-state index in [1.165, 1.54) is 12.1 Å². The van der Waals surface area contributed by atoms with Crippen LogP contribution in [0.2, 0.25) is 36.3 Å². The topological polar surface area (TPSA) is 137 Å². The predicted molar refractivity (Wildman–Crippen MR) is 197 cm³/mol. The van der Waals surface area contributed by atoms with Crippen molar-refractivity contribution in [1.82, 2.24) is 20.3 Å². The van der Waals surface area contributed by atoms with Crippen LogP contribution in [0.4, 0.5) is 0 Å². The van der Waals surface area contributed by atoms with Gasteiger partial charge in [0.15, 0.2) is 23.1 Å². The lowest BCUT2D eigenvalue weighted by Gasteiger charge is -2.39. The highest BCUT2D eigenvalue weighted by Crippen LogP contribution is 2.44. The lowest BCUT2D eigenvalue weighted by molar-refractivity contribution is 0.403. The summed E-state index contributed by atoms with van der Waals surface area (Å²) in [4.78, 5) is 8.45. The van der Waals surface area contributed by atoms with Gasteiger partial charge in [-0.05, 0) is 83.8 Å². The van der Waals surface area contributed by atoms with E-state index < -0.39 is 16.6 Å². The number of rotatable bonds is 10. The molecule has 0 amide bonds. The predicted octanol–water partition coefficient (Wildman–Crippen LogP) is 9.78. The second-order valence-corrected chi connectivity index (χ2v) is 24.1. The number of hydrogen-bond acceptors (Lipinski definition) is 10. The first kappa shape index (κ1) is 38.3. The van der Waals surface area contributed by atoms with E-state index in [0.29, 0.717) is 23.4 Å². The van der Waals surface area contributed by atoms with Gasteiger partial charge in [-0.15, -0.1) is 0 Å². The van der Waals surface area contributed by atoms with Crippen LogP contribution in [-0.4, -0.2) is 47.1 Å². The number of aryl methyl sites for hydroxylation is 2. The van der Waals surface area contributed by atoms with E-state index in [1.807, 2.05) is 32.1 Å². The SMILES string of the molecule is CCc1noc(C=Cc2ccc(O)c(O)c2)n1.CCc1noc(C=Cc2ccc(O[Si](C)(C)C(C)(C)C)c(O[Si](C)(C)C(C)(C)C)c2)n1. The highest BCUT2D eigenvalue weighted by atomic mass is 28.4. The molecule has 2 aromatic heterocycles. The fraction of sp³-hybridized carbons (Fsp3) is 0.444. The number of aromatic hydroxyl groups is 2. The first-order valence-corrected chi connectivity index (χ1v) is 22.1. The highest BCUT2D eigenvalue weighted by Gasteiger charge is 2.42. The Morgan fingerprint density at radius 1 is 0.625 bits per heavy atom. The van der Waals surface area contributed by atoms with Gasteiger partial charge in [-0.2, -0.15) is 9.97 Å². The molecule has 12 heteroatoms. The molecule has 0 aliphatic rings.